The summed E-state index contributed by atoms with van der Waals surface area (Å²) in [5.41, 5.74) is 9.85. The fourth-order valence-corrected chi connectivity index (χ4v) is 2.42. The van der Waals surface area contributed by atoms with E-state index in [1.165, 1.54) is 0 Å². The van der Waals surface area contributed by atoms with E-state index in [0.717, 1.165) is 34.8 Å². The van der Waals surface area contributed by atoms with Crippen molar-refractivity contribution in [1.29, 1.82) is 0 Å². The van der Waals surface area contributed by atoms with Crippen molar-refractivity contribution in [2.45, 2.75) is 6.42 Å². The highest BCUT2D eigenvalue weighted by molar-refractivity contribution is 5.68. The number of benzene rings is 1. The highest BCUT2D eigenvalue weighted by atomic mass is 16.5. The first-order valence-electron chi connectivity index (χ1n) is 6.64. The summed E-state index contributed by atoms with van der Waals surface area (Å²) >= 11 is 0. The molecule has 0 radical (unpaired) electrons. The van der Waals surface area contributed by atoms with Crippen molar-refractivity contribution in [3.63, 3.8) is 0 Å². The summed E-state index contributed by atoms with van der Waals surface area (Å²) in [5.74, 6) is 0.832. The summed E-state index contributed by atoms with van der Waals surface area (Å²) in [6.07, 6.45) is 2.81. The maximum atomic E-state index is 5.75. The maximum absolute atomic E-state index is 5.75. The third kappa shape index (κ3) is 2.14. The fourth-order valence-electron chi connectivity index (χ4n) is 2.42. The minimum atomic E-state index is 0.597. The van der Waals surface area contributed by atoms with E-state index < -0.39 is 0 Å². The predicted octanol–water partition coefficient (Wildman–Crippen LogP) is 2.51. The average Bonchev–Trinajstić information content (AvgIpc) is 2.87. The first-order valence-corrected chi connectivity index (χ1v) is 6.64. The van der Waals surface area contributed by atoms with Crippen LogP contribution in [-0.4, -0.2) is 23.0 Å². The van der Waals surface area contributed by atoms with Gasteiger partial charge in [0.1, 0.15) is 11.4 Å². The largest absolute Gasteiger partial charge is 0.497 e. The van der Waals surface area contributed by atoms with Gasteiger partial charge in [-0.2, -0.15) is 0 Å². The van der Waals surface area contributed by atoms with E-state index in [2.05, 4.69) is 4.40 Å². The zero-order chi connectivity index (χ0) is 13.9. The standard InChI is InChI=1S/C16H17N3O/c1-20-13-6-4-5-12(11-13)16-14(8-9-17)19-10-3-2-7-15(19)18-16/h2-7,10-11H,8-9,17H2,1H3. The molecule has 2 N–H and O–H groups in total. The van der Waals surface area contributed by atoms with Gasteiger partial charge in [0.15, 0.2) is 0 Å². The summed E-state index contributed by atoms with van der Waals surface area (Å²) in [6.45, 7) is 0.597. The molecule has 2 heterocycles. The first-order chi connectivity index (χ1) is 9.83. The first kappa shape index (κ1) is 12.7. The Hall–Kier alpha value is -2.33. The lowest BCUT2D eigenvalue weighted by molar-refractivity contribution is 0.415. The van der Waals surface area contributed by atoms with Crippen molar-refractivity contribution in [2.24, 2.45) is 5.73 Å². The van der Waals surface area contributed by atoms with E-state index >= 15 is 0 Å². The van der Waals surface area contributed by atoms with Gasteiger partial charge in [0.05, 0.1) is 18.5 Å². The van der Waals surface area contributed by atoms with E-state index in [1.807, 2.05) is 48.7 Å². The SMILES string of the molecule is COc1cccc(-c2nc3ccccn3c2CCN)c1. The number of aromatic nitrogens is 2. The number of pyridine rings is 1. The lowest BCUT2D eigenvalue weighted by Gasteiger charge is -2.05. The number of rotatable bonds is 4. The molecule has 0 fully saturated rings. The van der Waals surface area contributed by atoms with Gasteiger partial charge in [0, 0.05) is 18.2 Å². The second-order valence-corrected chi connectivity index (χ2v) is 4.61. The topological polar surface area (TPSA) is 52.5 Å². The molecule has 0 aliphatic rings. The number of methoxy groups -OCH3 is 1. The molecular weight excluding hydrogens is 250 g/mol. The van der Waals surface area contributed by atoms with Crippen molar-refractivity contribution in [3.05, 3.63) is 54.4 Å². The highest BCUT2D eigenvalue weighted by Gasteiger charge is 2.13. The van der Waals surface area contributed by atoms with Crippen LogP contribution >= 0.6 is 0 Å². The molecule has 0 bridgehead atoms. The number of fused-ring (bicyclic) bond motifs is 1. The van der Waals surface area contributed by atoms with E-state index in [0.29, 0.717) is 6.54 Å². The molecular formula is C16H17N3O. The normalized spacial score (nSPS) is 10.9. The zero-order valence-corrected chi connectivity index (χ0v) is 11.4. The molecule has 2 aromatic heterocycles. The van der Waals surface area contributed by atoms with Crippen molar-refractivity contribution in [3.8, 4) is 17.0 Å². The van der Waals surface area contributed by atoms with Crippen LogP contribution in [0.4, 0.5) is 0 Å². The molecule has 1 aromatic carbocycles. The van der Waals surface area contributed by atoms with Crippen LogP contribution in [0.15, 0.2) is 48.7 Å². The van der Waals surface area contributed by atoms with Gasteiger partial charge >= 0.3 is 0 Å². The van der Waals surface area contributed by atoms with Crippen LogP contribution in [0.1, 0.15) is 5.69 Å². The van der Waals surface area contributed by atoms with Crippen LogP contribution in [0.25, 0.3) is 16.9 Å². The number of nitrogens with zero attached hydrogens (tertiary/aromatic N) is 2. The molecule has 3 aromatic rings. The number of imidazole rings is 1. The van der Waals surface area contributed by atoms with Gasteiger partial charge in [-0.25, -0.2) is 4.98 Å². The molecule has 3 rings (SSSR count). The highest BCUT2D eigenvalue weighted by Crippen LogP contribution is 2.27. The van der Waals surface area contributed by atoms with Crippen LogP contribution in [-0.2, 0) is 6.42 Å². The molecule has 0 amide bonds. The summed E-state index contributed by atoms with van der Waals surface area (Å²) in [5, 5.41) is 0. The van der Waals surface area contributed by atoms with Crippen molar-refractivity contribution in [2.75, 3.05) is 13.7 Å². The number of hydrogen-bond acceptors (Lipinski definition) is 3. The Morgan fingerprint density at radius 1 is 1.20 bits per heavy atom. The van der Waals surface area contributed by atoms with E-state index in [9.17, 15) is 0 Å². The van der Waals surface area contributed by atoms with Gasteiger partial charge in [-0.15, -0.1) is 0 Å². The van der Waals surface area contributed by atoms with Crippen LogP contribution < -0.4 is 10.5 Å². The van der Waals surface area contributed by atoms with Gasteiger partial charge in [0.2, 0.25) is 0 Å². The van der Waals surface area contributed by atoms with E-state index in [4.69, 9.17) is 15.5 Å². The monoisotopic (exact) mass is 267 g/mol. The Balaban J connectivity index is 2.21. The predicted molar refractivity (Wildman–Crippen MR) is 79.9 cm³/mol. The second kappa shape index (κ2) is 5.35. The molecule has 20 heavy (non-hydrogen) atoms. The Morgan fingerprint density at radius 2 is 2.10 bits per heavy atom. The molecule has 0 spiro atoms. The smallest absolute Gasteiger partial charge is 0.137 e. The summed E-state index contributed by atoms with van der Waals surface area (Å²) in [6, 6.07) is 14.0. The molecule has 0 unspecified atom stereocenters. The minimum Gasteiger partial charge on any atom is -0.497 e. The Morgan fingerprint density at radius 3 is 2.90 bits per heavy atom. The number of ether oxygens (including phenoxy) is 1. The van der Waals surface area contributed by atoms with Crippen LogP contribution in [0, 0.1) is 0 Å². The van der Waals surface area contributed by atoms with E-state index in [-0.39, 0.29) is 0 Å². The second-order valence-electron chi connectivity index (χ2n) is 4.61. The molecule has 102 valence electrons. The summed E-state index contributed by atoms with van der Waals surface area (Å²) in [7, 11) is 1.67. The molecule has 4 nitrogen and oxygen atoms in total. The lowest BCUT2D eigenvalue weighted by Crippen LogP contribution is -2.06. The Kier molecular flexibility index (Phi) is 3.39. The minimum absolute atomic E-state index is 0.597. The number of nitrogens with two attached hydrogens (primary N) is 1. The van der Waals surface area contributed by atoms with Crippen LogP contribution in [0.3, 0.4) is 0 Å². The van der Waals surface area contributed by atoms with Gasteiger partial charge in [-0.05, 0) is 30.8 Å². The molecule has 4 heteroatoms. The average molecular weight is 267 g/mol. The Bertz CT molecular complexity index is 733. The van der Waals surface area contributed by atoms with Crippen molar-refractivity contribution < 1.29 is 4.74 Å². The summed E-state index contributed by atoms with van der Waals surface area (Å²) in [4.78, 5) is 4.73. The van der Waals surface area contributed by atoms with Crippen LogP contribution in [0.2, 0.25) is 0 Å². The van der Waals surface area contributed by atoms with Gasteiger partial charge in [-0.1, -0.05) is 18.2 Å². The summed E-state index contributed by atoms with van der Waals surface area (Å²) < 4.78 is 7.39. The van der Waals surface area contributed by atoms with Crippen LogP contribution in [0.5, 0.6) is 5.75 Å². The fraction of sp³-hybridized carbons (Fsp3) is 0.188. The molecule has 0 saturated carbocycles. The zero-order valence-electron chi connectivity index (χ0n) is 11.4. The van der Waals surface area contributed by atoms with Gasteiger partial charge < -0.3 is 14.9 Å². The van der Waals surface area contributed by atoms with E-state index in [1.54, 1.807) is 7.11 Å². The maximum Gasteiger partial charge on any atom is 0.137 e. The molecule has 0 saturated heterocycles. The van der Waals surface area contributed by atoms with Gasteiger partial charge in [0.25, 0.3) is 0 Å². The van der Waals surface area contributed by atoms with Gasteiger partial charge in [-0.3, -0.25) is 0 Å². The molecule has 0 atom stereocenters. The van der Waals surface area contributed by atoms with Crippen molar-refractivity contribution >= 4 is 5.65 Å². The quantitative estimate of drug-likeness (QED) is 0.790. The third-order valence-electron chi connectivity index (χ3n) is 3.35. The number of hydrogen-bond donors (Lipinski definition) is 1. The molecule has 0 aliphatic heterocycles. The lowest BCUT2D eigenvalue weighted by atomic mass is 10.1. The third-order valence-corrected chi connectivity index (χ3v) is 3.35. The van der Waals surface area contributed by atoms with Crippen molar-refractivity contribution in [1.82, 2.24) is 9.38 Å². The Labute approximate surface area is 117 Å². The molecule has 0 aliphatic carbocycles.